The highest BCUT2D eigenvalue weighted by Gasteiger charge is 2.36. The molecule has 158 valence electrons. The number of methoxy groups -OCH3 is 1. The van der Waals surface area contributed by atoms with Crippen LogP contribution in [0.1, 0.15) is 40.2 Å². The number of hydrogen-bond donors (Lipinski definition) is 1. The van der Waals surface area contributed by atoms with Gasteiger partial charge in [0.05, 0.1) is 18.7 Å². The molecule has 9 heteroatoms. The number of hydrogen-bond acceptors (Lipinski definition) is 6. The molecule has 0 radical (unpaired) electrons. The number of amides is 3. The Bertz CT molecular complexity index is 964. The standard InChI is InChI=1S/C21H24N4O4S/c1-13(26)24-9-11-25(12-10-24)20(28)16-7-8-17-18(16)22-21(30-17)23-19(27)14-3-5-15(29-2)6-4-14/h3-6,16H,7-12H2,1-2H3,(H,22,23,27)/t16-/m1/s1. The zero-order chi connectivity index (χ0) is 21.3. The van der Waals surface area contributed by atoms with Crippen LogP contribution >= 0.6 is 11.3 Å². The van der Waals surface area contributed by atoms with E-state index in [1.54, 1.807) is 43.2 Å². The summed E-state index contributed by atoms with van der Waals surface area (Å²) < 4.78 is 5.11. The minimum Gasteiger partial charge on any atom is -0.497 e. The molecule has 1 atom stereocenters. The molecule has 1 aromatic heterocycles. The van der Waals surface area contributed by atoms with E-state index < -0.39 is 0 Å². The van der Waals surface area contributed by atoms with Crippen molar-refractivity contribution >= 4 is 34.2 Å². The molecular weight excluding hydrogens is 404 g/mol. The van der Waals surface area contributed by atoms with E-state index in [0.29, 0.717) is 42.6 Å². The second-order valence-electron chi connectivity index (χ2n) is 7.43. The molecule has 1 aliphatic heterocycles. The molecule has 2 aromatic rings. The number of ether oxygens (including phenoxy) is 1. The molecule has 1 aromatic carbocycles. The summed E-state index contributed by atoms with van der Waals surface area (Å²) in [5, 5.41) is 3.35. The van der Waals surface area contributed by atoms with Gasteiger partial charge in [0.2, 0.25) is 11.8 Å². The molecular formula is C21H24N4O4S. The average Bonchev–Trinajstić information content (AvgIpc) is 3.33. The summed E-state index contributed by atoms with van der Waals surface area (Å²) in [5.41, 5.74) is 1.30. The number of benzene rings is 1. The first-order chi connectivity index (χ1) is 14.5. The van der Waals surface area contributed by atoms with E-state index in [9.17, 15) is 14.4 Å². The van der Waals surface area contributed by atoms with Crippen LogP contribution < -0.4 is 10.1 Å². The van der Waals surface area contributed by atoms with Gasteiger partial charge in [-0.2, -0.15) is 0 Å². The van der Waals surface area contributed by atoms with Gasteiger partial charge >= 0.3 is 0 Å². The van der Waals surface area contributed by atoms with Gasteiger partial charge in [-0.05, 0) is 37.1 Å². The lowest BCUT2D eigenvalue weighted by molar-refractivity contribution is -0.139. The third-order valence-electron chi connectivity index (χ3n) is 5.63. The van der Waals surface area contributed by atoms with Gasteiger partial charge < -0.3 is 14.5 Å². The summed E-state index contributed by atoms with van der Waals surface area (Å²) >= 11 is 1.43. The van der Waals surface area contributed by atoms with Gasteiger partial charge in [0.15, 0.2) is 5.13 Å². The van der Waals surface area contributed by atoms with Crippen LogP contribution in [0.4, 0.5) is 5.13 Å². The SMILES string of the molecule is COc1ccc(C(=O)Nc2nc3c(s2)CC[C@H]3C(=O)N2CCN(C(C)=O)CC2)cc1. The predicted octanol–water partition coefficient (Wildman–Crippen LogP) is 2.12. The first-order valence-electron chi connectivity index (χ1n) is 9.95. The third kappa shape index (κ3) is 4.02. The molecule has 30 heavy (non-hydrogen) atoms. The number of fused-ring (bicyclic) bond motifs is 1. The van der Waals surface area contributed by atoms with Crippen molar-refractivity contribution in [2.75, 3.05) is 38.6 Å². The van der Waals surface area contributed by atoms with E-state index in [0.717, 1.165) is 23.4 Å². The van der Waals surface area contributed by atoms with Crippen LogP contribution in [0.15, 0.2) is 24.3 Å². The molecule has 0 bridgehead atoms. The normalized spacial score (nSPS) is 18.1. The summed E-state index contributed by atoms with van der Waals surface area (Å²) in [4.78, 5) is 46.3. The summed E-state index contributed by atoms with van der Waals surface area (Å²) in [5.74, 6) is 0.280. The van der Waals surface area contributed by atoms with Gasteiger partial charge in [0, 0.05) is 43.5 Å². The van der Waals surface area contributed by atoms with Crippen molar-refractivity contribution in [1.82, 2.24) is 14.8 Å². The Kier molecular flexibility index (Phi) is 5.72. The Morgan fingerprint density at radius 1 is 1.10 bits per heavy atom. The quantitative estimate of drug-likeness (QED) is 0.806. The number of piperazine rings is 1. The smallest absolute Gasteiger partial charge is 0.257 e. The molecule has 2 heterocycles. The third-order valence-corrected chi connectivity index (χ3v) is 6.67. The molecule has 1 fully saturated rings. The second-order valence-corrected chi connectivity index (χ2v) is 8.52. The Morgan fingerprint density at radius 3 is 2.40 bits per heavy atom. The van der Waals surface area contributed by atoms with Gasteiger partial charge in [0.1, 0.15) is 5.75 Å². The summed E-state index contributed by atoms with van der Waals surface area (Å²) in [6.07, 6.45) is 1.53. The fraction of sp³-hybridized carbons (Fsp3) is 0.429. The maximum atomic E-state index is 13.0. The number of carbonyl (C=O) groups excluding carboxylic acids is 3. The molecule has 2 aliphatic rings. The summed E-state index contributed by atoms with van der Waals surface area (Å²) in [6, 6.07) is 6.86. The Balaban J connectivity index is 1.41. The van der Waals surface area contributed by atoms with E-state index in [1.807, 2.05) is 4.90 Å². The fourth-order valence-electron chi connectivity index (χ4n) is 3.89. The maximum Gasteiger partial charge on any atom is 0.257 e. The largest absolute Gasteiger partial charge is 0.497 e. The first-order valence-corrected chi connectivity index (χ1v) is 10.8. The highest BCUT2D eigenvalue weighted by molar-refractivity contribution is 7.16. The number of nitrogens with one attached hydrogen (secondary N) is 1. The van der Waals surface area contributed by atoms with E-state index in [2.05, 4.69) is 10.3 Å². The predicted molar refractivity (Wildman–Crippen MR) is 113 cm³/mol. The van der Waals surface area contributed by atoms with Gasteiger partial charge in [-0.1, -0.05) is 0 Å². The minimum atomic E-state index is -0.272. The number of aryl methyl sites for hydroxylation is 1. The van der Waals surface area contributed by atoms with Gasteiger partial charge in [-0.3, -0.25) is 19.7 Å². The van der Waals surface area contributed by atoms with Crippen LogP contribution in [-0.4, -0.2) is 65.8 Å². The van der Waals surface area contributed by atoms with Crippen molar-refractivity contribution in [3.63, 3.8) is 0 Å². The highest BCUT2D eigenvalue weighted by Crippen LogP contribution is 2.39. The van der Waals surface area contributed by atoms with Crippen LogP contribution in [0, 0.1) is 0 Å². The van der Waals surface area contributed by atoms with Crippen molar-refractivity contribution in [2.24, 2.45) is 0 Å². The van der Waals surface area contributed by atoms with Crippen molar-refractivity contribution in [2.45, 2.75) is 25.7 Å². The maximum absolute atomic E-state index is 13.0. The summed E-state index contributed by atoms with van der Waals surface area (Å²) in [7, 11) is 1.58. The summed E-state index contributed by atoms with van der Waals surface area (Å²) in [6.45, 7) is 3.80. The number of thiazole rings is 1. The zero-order valence-corrected chi connectivity index (χ0v) is 17.8. The van der Waals surface area contributed by atoms with Crippen molar-refractivity contribution < 1.29 is 19.1 Å². The van der Waals surface area contributed by atoms with E-state index in [1.165, 1.54) is 11.3 Å². The Morgan fingerprint density at radius 2 is 1.77 bits per heavy atom. The lowest BCUT2D eigenvalue weighted by atomic mass is 10.1. The van der Waals surface area contributed by atoms with Gasteiger partial charge in [-0.25, -0.2) is 4.98 Å². The fourth-order valence-corrected chi connectivity index (χ4v) is 4.93. The molecule has 1 aliphatic carbocycles. The van der Waals surface area contributed by atoms with Crippen molar-refractivity contribution in [3.05, 3.63) is 40.4 Å². The van der Waals surface area contributed by atoms with Crippen LogP contribution in [0.2, 0.25) is 0 Å². The molecule has 4 rings (SSSR count). The number of aromatic nitrogens is 1. The van der Waals surface area contributed by atoms with Crippen LogP contribution in [0.5, 0.6) is 5.75 Å². The van der Waals surface area contributed by atoms with Crippen LogP contribution in [-0.2, 0) is 16.0 Å². The molecule has 0 saturated carbocycles. The van der Waals surface area contributed by atoms with Gasteiger partial charge in [-0.15, -0.1) is 11.3 Å². The molecule has 0 spiro atoms. The minimum absolute atomic E-state index is 0.0435. The molecule has 0 unspecified atom stereocenters. The molecule has 3 amide bonds. The highest BCUT2D eigenvalue weighted by atomic mass is 32.1. The van der Waals surface area contributed by atoms with Crippen LogP contribution in [0.3, 0.4) is 0 Å². The number of anilines is 1. The lowest BCUT2D eigenvalue weighted by Gasteiger charge is -2.35. The molecule has 8 nitrogen and oxygen atoms in total. The Hall–Kier alpha value is -2.94. The first kappa shape index (κ1) is 20.3. The topological polar surface area (TPSA) is 91.8 Å². The van der Waals surface area contributed by atoms with Crippen molar-refractivity contribution in [3.8, 4) is 5.75 Å². The number of carbonyl (C=O) groups is 3. The second kappa shape index (κ2) is 8.43. The van der Waals surface area contributed by atoms with E-state index in [4.69, 9.17) is 4.74 Å². The van der Waals surface area contributed by atoms with Crippen LogP contribution in [0.25, 0.3) is 0 Å². The van der Waals surface area contributed by atoms with E-state index >= 15 is 0 Å². The monoisotopic (exact) mass is 428 g/mol. The van der Waals surface area contributed by atoms with Crippen molar-refractivity contribution in [1.29, 1.82) is 0 Å². The van der Waals surface area contributed by atoms with E-state index in [-0.39, 0.29) is 23.6 Å². The zero-order valence-electron chi connectivity index (χ0n) is 17.0. The number of rotatable bonds is 4. The molecule has 1 saturated heterocycles. The number of nitrogens with zero attached hydrogens (tertiary/aromatic N) is 3. The average molecular weight is 429 g/mol. The van der Waals surface area contributed by atoms with Gasteiger partial charge in [0.25, 0.3) is 5.91 Å². The lowest BCUT2D eigenvalue weighted by Crippen LogP contribution is -2.51. The molecule has 1 N–H and O–H groups in total. The Labute approximate surface area is 178 Å².